The van der Waals surface area contributed by atoms with Gasteiger partial charge in [0.15, 0.2) is 5.76 Å². The Bertz CT molecular complexity index is 664. The van der Waals surface area contributed by atoms with Crippen LogP contribution in [0, 0.1) is 0 Å². The van der Waals surface area contributed by atoms with Crippen LogP contribution < -0.4 is 0 Å². The summed E-state index contributed by atoms with van der Waals surface area (Å²) in [5, 5.41) is 4.26. The third kappa shape index (κ3) is 3.24. The zero-order valence-electron chi connectivity index (χ0n) is 14.1. The van der Waals surface area contributed by atoms with Gasteiger partial charge >= 0.3 is 0 Å². The van der Waals surface area contributed by atoms with Crippen molar-refractivity contribution >= 4 is 0 Å². The predicted octanol–water partition coefficient (Wildman–Crippen LogP) is 3.11. The number of benzene rings is 1. The molecule has 0 radical (unpaired) electrons. The van der Waals surface area contributed by atoms with Crippen LogP contribution in [0.3, 0.4) is 0 Å². The Balaban J connectivity index is 1.47. The van der Waals surface area contributed by atoms with Gasteiger partial charge in [-0.05, 0) is 6.42 Å². The van der Waals surface area contributed by atoms with E-state index >= 15 is 0 Å². The van der Waals surface area contributed by atoms with Gasteiger partial charge in [-0.15, -0.1) is 0 Å². The monoisotopic (exact) mass is 328 g/mol. The third-order valence-corrected chi connectivity index (χ3v) is 4.92. The van der Waals surface area contributed by atoms with Gasteiger partial charge in [0.1, 0.15) is 5.60 Å². The molecule has 1 spiro atoms. The minimum absolute atomic E-state index is 0.134. The minimum atomic E-state index is -0.134. The molecule has 0 aliphatic carbocycles. The molecule has 1 aromatic heterocycles. The van der Waals surface area contributed by atoms with Gasteiger partial charge in [-0.3, -0.25) is 4.90 Å². The molecule has 2 aliphatic rings. The predicted molar refractivity (Wildman–Crippen MR) is 90.5 cm³/mol. The van der Waals surface area contributed by atoms with Gasteiger partial charge in [0, 0.05) is 44.3 Å². The largest absolute Gasteiger partial charge is 0.378 e. The van der Waals surface area contributed by atoms with E-state index in [4.69, 9.17) is 14.0 Å². The lowest BCUT2D eigenvalue weighted by molar-refractivity contribution is -0.156. The van der Waals surface area contributed by atoms with Crippen molar-refractivity contribution < 1.29 is 14.0 Å². The molecule has 4 rings (SSSR count). The van der Waals surface area contributed by atoms with Crippen LogP contribution in [0.1, 0.15) is 25.5 Å². The molecule has 3 heterocycles. The molecule has 2 saturated heterocycles. The molecular weight excluding hydrogens is 304 g/mol. The summed E-state index contributed by atoms with van der Waals surface area (Å²) in [6.45, 7) is 6.31. The van der Waals surface area contributed by atoms with Crippen molar-refractivity contribution in [2.24, 2.45) is 0 Å². The van der Waals surface area contributed by atoms with E-state index in [1.807, 2.05) is 36.4 Å². The quantitative estimate of drug-likeness (QED) is 0.863. The molecule has 0 amide bonds. The summed E-state index contributed by atoms with van der Waals surface area (Å²) < 4.78 is 17.5. The highest BCUT2D eigenvalue weighted by molar-refractivity contribution is 5.56. The number of nitrogens with zero attached hydrogens (tertiary/aromatic N) is 2. The fourth-order valence-electron chi connectivity index (χ4n) is 3.68. The van der Waals surface area contributed by atoms with Crippen LogP contribution in [0.15, 0.2) is 40.9 Å². The van der Waals surface area contributed by atoms with E-state index in [0.717, 1.165) is 56.1 Å². The van der Waals surface area contributed by atoms with Crippen LogP contribution in [0.5, 0.6) is 0 Å². The Labute approximate surface area is 142 Å². The Morgan fingerprint density at radius 3 is 2.92 bits per heavy atom. The molecule has 2 aromatic rings. The van der Waals surface area contributed by atoms with Crippen molar-refractivity contribution in [2.45, 2.75) is 38.0 Å². The summed E-state index contributed by atoms with van der Waals surface area (Å²) in [4.78, 5) is 2.43. The maximum absolute atomic E-state index is 6.32. The number of rotatable bonds is 4. The average molecular weight is 328 g/mol. The van der Waals surface area contributed by atoms with Crippen LogP contribution in [-0.4, -0.2) is 48.1 Å². The molecule has 0 N–H and O–H groups in total. The normalized spacial score (nSPS) is 27.8. The fraction of sp³-hybridized carbons (Fsp3) is 0.526. The first-order chi connectivity index (χ1) is 11.8. The van der Waals surface area contributed by atoms with Crippen molar-refractivity contribution in [3.63, 3.8) is 0 Å². The summed E-state index contributed by atoms with van der Waals surface area (Å²) in [5.41, 5.74) is 1.90. The molecule has 0 bridgehead atoms. The van der Waals surface area contributed by atoms with Gasteiger partial charge in [0.2, 0.25) is 0 Å². The Kier molecular flexibility index (Phi) is 4.39. The Hall–Kier alpha value is -1.69. The molecule has 0 unspecified atom stereocenters. The van der Waals surface area contributed by atoms with Gasteiger partial charge in [-0.25, -0.2) is 0 Å². The van der Waals surface area contributed by atoms with Crippen LogP contribution in [-0.2, 0) is 16.0 Å². The highest BCUT2D eigenvalue weighted by Gasteiger charge is 2.43. The third-order valence-electron chi connectivity index (χ3n) is 4.92. The number of morpholine rings is 1. The molecule has 0 saturated carbocycles. The average Bonchev–Trinajstić information content (AvgIpc) is 3.25. The van der Waals surface area contributed by atoms with Gasteiger partial charge < -0.3 is 14.0 Å². The van der Waals surface area contributed by atoms with E-state index < -0.39 is 0 Å². The van der Waals surface area contributed by atoms with Crippen molar-refractivity contribution in [1.29, 1.82) is 0 Å². The van der Waals surface area contributed by atoms with Crippen LogP contribution in [0.2, 0.25) is 0 Å². The van der Waals surface area contributed by atoms with Crippen molar-refractivity contribution in [2.75, 3.05) is 26.3 Å². The SMILES string of the molecule is CC[C@@H]1CN(Cc2cc(-c3ccccc3)on2)C[C@@]2(CCOC2)O1. The maximum atomic E-state index is 6.32. The first-order valence-electron chi connectivity index (χ1n) is 8.75. The zero-order chi connectivity index (χ0) is 16.4. The van der Waals surface area contributed by atoms with Crippen molar-refractivity contribution in [1.82, 2.24) is 10.1 Å². The Morgan fingerprint density at radius 1 is 1.29 bits per heavy atom. The van der Waals surface area contributed by atoms with E-state index in [2.05, 4.69) is 17.0 Å². The lowest BCUT2D eigenvalue weighted by Crippen LogP contribution is -2.55. The molecule has 2 atom stereocenters. The summed E-state index contributed by atoms with van der Waals surface area (Å²) >= 11 is 0. The number of ether oxygens (including phenoxy) is 2. The molecular formula is C19H24N2O3. The summed E-state index contributed by atoms with van der Waals surface area (Å²) in [7, 11) is 0. The molecule has 2 fully saturated rings. The second-order valence-corrected chi connectivity index (χ2v) is 6.85. The van der Waals surface area contributed by atoms with Gasteiger partial charge in [-0.2, -0.15) is 0 Å². The highest BCUT2D eigenvalue weighted by atomic mass is 16.6. The lowest BCUT2D eigenvalue weighted by atomic mass is 9.98. The standard InChI is InChI=1S/C19H24N2O3/c1-2-17-12-21(13-19(23-17)8-9-22-14-19)11-16-10-18(24-20-16)15-6-4-3-5-7-15/h3-7,10,17H,2,8-9,11-14H2,1H3/t17-,19-/m1/s1. The van der Waals surface area contributed by atoms with E-state index in [1.54, 1.807) is 0 Å². The first-order valence-corrected chi connectivity index (χ1v) is 8.75. The number of aromatic nitrogens is 1. The summed E-state index contributed by atoms with van der Waals surface area (Å²) in [6, 6.07) is 12.1. The van der Waals surface area contributed by atoms with Gasteiger partial charge in [0.25, 0.3) is 0 Å². The highest BCUT2D eigenvalue weighted by Crippen LogP contribution is 2.32. The van der Waals surface area contributed by atoms with E-state index in [1.165, 1.54) is 0 Å². The smallest absolute Gasteiger partial charge is 0.167 e. The molecule has 1 aromatic carbocycles. The summed E-state index contributed by atoms with van der Waals surface area (Å²) in [5.74, 6) is 0.824. The molecule has 2 aliphatic heterocycles. The summed E-state index contributed by atoms with van der Waals surface area (Å²) in [6.07, 6.45) is 2.27. The van der Waals surface area contributed by atoms with E-state index in [0.29, 0.717) is 6.61 Å². The van der Waals surface area contributed by atoms with Crippen LogP contribution >= 0.6 is 0 Å². The molecule has 5 nitrogen and oxygen atoms in total. The maximum Gasteiger partial charge on any atom is 0.167 e. The van der Waals surface area contributed by atoms with Gasteiger partial charge in [-0.1, -0.05) is 42.4 Å². The number of hydrogen-bond donors (Lipinski definition) is 0. The minimum Gasteiger partial charge on any atom is -0.378 e. The first kappa shape index (κ1) is 15.8. The zero-order valence-corrected chi connectivity index (χ0v) is 14.1. The second-order valence-electron chi connectivity index (χ2n) is 6.85. The Morgan fingerprint density at radius 2 is 2.17 bits per heavy atom. The lowest BCUT2D eigenvalue weighted by Gasteiger charge is -2.43. The van der Waals surface area contributed by atoms with Crippen LogP contribution in [0.25, 0.3) is 11.3 Å². The van der Waals surface area contributed by atoms with Crippen molar-refractivity contribution in [3.05, 3.63) is 42.1 Å². The second kappa shape index (κ2) is 6.67. The topological polar surface area (TPSA) is 47.7 Å². The molecule has 128 valence electrons. The molecule has 5 heteroatoms. The van der Waals surface area contributed by atoms with Crippen LogP contribution in [0.4, 0.5) is 0 Å². The van der Waals surface area contributed by atoms with E-state index in [9.17, 15) is 0 Å². The van der Waals surface area contributed by atoms with Crippen molar-refractivity contribution in [3.8, 4) is 11.3 Å². The van der Waals surface area contributed by atoms with E-state index in [-0.39, 0.29) is 11.7 Å². The fourth-order valence-corrected chi connectivity index (χ4v) is 3.68. The van der Waals surface area contributed by atoms with Gasteiger partial charge in [0.05, 0.1) is 18.4 Å². The number of hydrogen-bond acceptors (Lipinski definition) is 5. The molecule has 24 heavy (non-hydrogen) atoms.